The molecule has 0 atom stereocenters. The van der Waals surface area contributed by atoms with Crippen LogP contribution in [0, 0.1) is 5.41 Å². The SMILES string of the molecule is C=C1CC2(CCCC2)CC(=O)N1C. The number of rotatable bonds is 0. The summed E-state index contributed by atoms with van der Waals surface area (Å²) in [6.07, 6.45) is 6.84. The van der Waals surface area contributed by atoms with Crippen molar-refractivity contribution < 1.29 is 4.79 Å². The van der Waals surface area contributed by atoms with E-state index in [2.05, 4.69) is 6.58 Å². The van der Waals surface area contributed by atoms with Crippen molar-refractivity contribution in [3.05, 3.63) is 12.3 Å². The summed E-state index contributed by atoms with van der Waals surface area (Å²) in [6.45, 7) is 3.97. The molecule has 0 aromatic heterocycles. The van der Waals surface area contributed by atoms with E-state index in [1.807, 2.05) is 7.05 Å². The van der Waals surface area contributed by atoms with Crippen molar-refractivity contribution in [1.82, 2.24) is 4.90 Å². The Morgan fingerprint density at radius 1 is 1.31 bits per heavy atom. The Kier molecular flexibility index (Phi) is 1.94. The molecule has 13 heavy (non-hydrogen) atoms. The highest BCUT2D eigenvalue weighted by Crippen LogP contribution is 2.48. The van der Waals surface area contributed by atoms with Gasteiger partial charge < -0.3 is 4.90 Å². The van der Waals surface area contributed by atoms with Crippen molar-refractivity contribution in [2.75, 3.05) is 7.05 Å². The lowest BCUT2D eigenvalue weighted by Crippen LogP contribution is -2.38. The standard InChI is InChI=1S/C11H17NO/c1-9-7-11(5-3-4-6-11)8-10(13)12(9)2/h1,3-8H2,2H3. The van der Waals surface area contributed by atoms with Gasteiger partial charge in [-0.1, -0.05) is 19.4 Å². The van der Waals surface area contributed by atoms with Gasteiger partial charge in [-0.3, -0.25) is 4.79 Å². The van der Waals surface area contributed by atoms with Gasteiger partial charge in [-0.2, -0.15) is 0 Å². The third kappa shape index (κ3) is 1.38. The monoisotopic (exact) mass is 179 g/mol. The maximum absolute atomic E-state index is 11.6. The molecule has 1 saturated heterocycles. The van der Waals surface area contributed by atoms with Gasteiger partial charge in [0.1, 0.15) is 0 Å². The Morgan fingerprint density at radius 3 is 2.46 bits per heavy atom. The summed E-state index contributed by atoms with van der Waals surface area (Å²) in [4.78, 5) is 13.4. The Morgan fingerprint density at radius 2 is 1.92 bits per heavy atom. The lowest BCUT2D eigenvalue weighted by atomic mass is 9.76. The number of piperidine rings is 1. The first-order valence-corrected chi connectivity index (χ1v) is 5.07. The normalized spacial score (nSPS) is 27.3. The topological polar surface area (TPSA) is 20.3 Å². The fourth-order valence-corrected chi connectivity index (χ4v) is 2.71. The molecule has 1 amide bonds. The highest BCUT2D eigenvalue weighted by molar-refractivity contribution is 5.79. The van der Waals surface area contributed by atoms with Gasteiger partial charge in [0, 0.05) is 19.2 Å². The van der Waals surface area contributed by atoms with Gasteiger partial charge >= 0.3 is 0 Å². The molecular weight excluding hydrogens is 162 g/mol. The zero-order valence-electron chi connectivity index (χ0n) is 8.31. The third-order valence-corrected chi connectivity index (χ3v) is 3.62. The molecule has 0 unspecified atom stereocenters. The van der Waals surface area contributed by atoms with Gasteiger partial charge in [-0.25, -0.2) is 0 Å². The number of amides is 1. The van der Waals surface area contributed by atoms with E-state index in [4.69, 9.17) is 0 Å². The van der Waals surface area contributed by atoms with Gasteiger partial charge in [-0.05, 0) is 24.7 Å². The molecular formula is C11H17NO. The van der Waals surface area contributed by atoms with E-state index in [0.29, 0.717) is 5.41 Å². The average molecular weight is 179 g/mol. The molecule has 2 fully saturated rings. The summed E-state index contributed by atoms with van der Waals surface area (Å²) in [5, 5.41) is 0. The van der Waals surface area contributed by atoms with Crippen LogP contribution in [0.25, 0.3) is 0 Å². The summed E-state index contributed by atoms with van der Waals surface area (Å²) < 4.78 is 0. The zero-order chi connectivity index (χ0) is 9.47. The lowest BCUT2D eigenvalue weighted by molar-refractivity contribution is -0.133. The first-order valence-electron chi connectivity index (χ1n) is 5.07. The number of hydrogen-bond donors (Lipinski definition) is 0. The van der Waals surface area contributed by atoms with Crippen LogP contribution in [0.15, 0.2) is 12.3 Å². The van der Waals surface area contributed by atoms with Crippen LogP contribution >= 0.6 is 0 Å². The largest absolute Gasteiger partial charge is 0.320 e. The predicted octanol–water partition coefficient (Wildman–Crippen LogP) is 2.31. The molecule has 1 heterocycles. The number of carbonyl (C=O) groups is 1. The molecule has 0 bridgehead atoms. The zero-order valence-corrected chi connectivity index (χ0v) is 8.31. The van der Waals surface area contributed by atoms with E-state index >= 15 is 0 Å². The number of nitrogens with zero attached hydrogens (tertiary/aromatic N) is 1. The van der Waals surface area contributed by atoms with Crippen LogP contribution in [0.2, 0.25) is 0 Å². The lowest BCUT2D eigenvalue weighted by Gasteiger charge is -2.38. The van der Waals surface area contributed by atoms with Crippen molar-refractivity contribution in [2.24, 2.45) is 5.41 Å². The van der Waals surface area contributed by atoms with Crippen LogP contribution in [-0.2, 0) is 4.79 Å². The molecule has 0 aromatic carbocycles. The van der Waals surface area contributed by atoms with E-state index in [-0.39, 0.29) is 5.91 Å². The Hall–Kier alpha value is -0.790. The molecule has 1 saturated carbocycles. The Bertz CT molecular complexity index is 231. The van der Waals surface area contributed by atoms with E-state index in [9.17, 15) is 4.79 Å². The van der Waals surface area contributed by atoms with E-state index < -0.39 is 0 Å². The summed E-state index contributed by atoms with van der Waals surface area (Å²) in [7, 11) is 1.84. The molecule has 0 radical (unpaired) electrons. The molecule has 1 aliphatic heterocycles. The van der Waals surface area contributed by atoms with Crippen LogP contribution < -0.4 is 0 Å². The molecule has 1 aliphatic carbocycles. The molecule has 2 nitrogen and oxygen atoms in total. The summed E-state index contributed by atoms with van der Waals surface area (Å²) in [5.74, 6) is 0.262. The minimum Gasteiger partial charge on any atom is -0.320 e. The number of hydrogen-bond acceptors (Lipinski definition) is 1. The average Bonchev–Trinajstić information content (AvgIpc) is 2.49. The quantitative estimate of drug-likeness (QED) is 0.559. The second-order valence-corrected chi connectivity index (χ2v) is 4.58. The van der Waals surface area contributed by atoms with Gasteiger partial charge in [0.05, 0.1) is 0 Å². The minimum atomic E-state index is 0.262. The van der Waals surface area contributed by atoms with Crippen LogP contribution in [0.1, 0.15) is 38.5 Å². The first-order chi connectivity index (χ1) is 6.13. The van der Waals surface area contributed by atoms with Gasteiger partial charge in [-0.15, -0.1) is 0 Å². The van der Waals surface area contributed by atoms with Crippen molar-refractivity contribution in [2.45, 2.75) is 38.5 Å². The van der Waals surface area contributed by atoms with E-state index in [1.165, 1.54) is 25.7 Å². The maximum Gasteiger partial charge on any atom is 0.227 e. The fraction of sp³-hybridized carbons (Fsp3) is 0.727. The van der Waals surface area contributed by atoms with Gasteiger partial charge in [0.25, 0.3) is 0 Å². The third-order valence-electron chi connectivity index (χ3n) is 3.62. The summed E-state index contributed by atoms with van der Waals surface area (Å²) in [6, 6.07) is 0. The van der Waals surface area contributed by atoms with Crippen LogP contribution in [0.5, 0.6) is 0 Å². The van der Waals surface area contributed by atoms with E-state index in [1.54, 1.807) is 4.90 Å². The highest BCUT2D eigenvalue weighted by atomic mass is 16.2. The number of allylic oxidation sites excluding steroid dienone is 1. The van der Waals surface area contributed by atoms with E-state index in [0.717, 1.165) is 18.5 Å². The van der Waals surface area contributed by atoms with Crippen molar-refractivity contribution in [1.29, 1.82) is 0 Å². The van der Waals surface area contributed by atoms with Crippen LogP contribution in [0.3, 0.4) is 0 Å². The van der Waals surface area contributed by atoms with Gasteiger partial charge in [0.2, 0.25) is 5.91 Å². The predicted molar refractivity (Wildman–Crippen MR) is 52.0 cm³/mol. The Labute approximate surface area is 79.6 Å². The fourth-order valence-electron chi connectivity index (χ4n) is 2.71. The van der Waals surface area contributed by atoms with Crippen molar-refractivity contribution in [3.8, 4) is 0 Å². The molecule has 2 rings (SSSR count). The molecule has 2 heteroatoms. The summed E-state index contributed by atoms with van der Waals surface area (Å²) in [5.41, 5.74) is 1.32. The minimum absolute atomic E-state index is 0.262. The second-order valence-electron chi connectivity index (χ2n) is 4.58. The number of likely N-dealkylation sites (tertiary alicyclic amines) is 1. The smallest absolute Gasteiger partial charge is 0.227 e. The highest BCUT2D eigenvalue weighted by Gasteiger charge is 2.41. The molecule has 0 aromatic rings. The van der Waals surface area contributed by atoms with Gasteiger partial charge in [0.15, 0.2) is 0 Å². The summed E-state index contributed by atoms with van der Waals surface area (Å²) >= 11 is 0. The maximum atomic E-state index is 11.6. The number of carbonyl (C=O) groups excluding carboxylic acids is 1. The van der Waals surface area contributed by atoms with Crippen LogP contribution in [0.4, 0.5) is 0 Å². The van der Waals surface area contributed by atoms with Crippen molar-refractivity contribution in [3.63, 3.8) is 0 Å². The first kappa shape index (κ1) is 8.79. The molecule has 2 aliphatic rings. The van der Waals surface area contributed by atoms with Crippen molar-refractivity contribution >= 4 is 5.91 Å². The van der Waals surface area contributed by atoms with Crippen LogP contribution in [-0.4, -0.2) is 17.9 Å². The molecule has 0 N–H and O–H groups in total. The molecule has 1 spiro atoms. The second kappa shape index (κ2) is 2.86. The Balaban J connectivity index is 2.17. The molecule has 72 valence electrons.